The van der Waals surface area contributed by atoms with Crippen molar-refractivity contribution in [3.05, 3.63) is 0 Å². The first-order valence-electron chi connectivity index (χ1n) is 7.36. The van der Waals surface area contributed by atoms with Crippen molar-refractivity contribution < 1.29 is 24.2 Å². The number of carboxylic acids is 1. The number of hydrogen-bond acceptors (Lipinski definition) is 5. The number of rotatable bonds is 8. The molecule has 0 radical (unpaired) electrons. The van der Waals surface area contributed by atoms with Gasteiger partial charge < -0.3 is 20.9 Å². The molecule has 1 amide bonds. The Labute approximate surface area is 123 Å². The van der Waals surface area contributed by atoms with Gasteiger partial charge in [0.2, 0.25) is 5.91 Å². The van der Waals surface area contributed by atoms with Gasteiger partial charge in [-0.1, -0.05) is 0 Å². The molecule has 2 aliphatic rings. The Morgan fingerprint density at radius 3 is 2.19 bits per heavy atom. The summed E-state index contributed by atoms with van der Waals surface area (Å²) in [4.78, 5) is 34.2. The minimum absolute atomic E-state index is 0.0236. The summed E-state index contributed by atoms with van der Waals surface area (Å²) in [5, 5.41) is 11.0. The highest BCUT2D eigenvalue weighted by atomic mass is 16.5. The standard InChI is InChI=1S/C14H22N2O5/c1-7(16-13(19)10(15)6-11(17)18)14(20)21-12(8-2-3-8)9-4-5-9/h7-10,12H,2-6,15H2,1H3,(H,16,19)(H,17,18)/t7-,10-/m0/s1. The molecule has 118 valence electrons. The van der Waals surface area contributed by atoms with Gasteiger partial charge in [-0.2, -0.15) is 0 Å². The van der Waals surface area contributed by atoms with Gasteiger partial charge in [0.1, 0.15) is 12.1 Å². The Kier molecular flexibility index (Phi) is 4.82. The topological polar surface area (TPSA) is 119 Å². The maximum atomic E-state index is 12.0. The number of hydrogen-bond donors (Lipinski definition) is 3. The number of esters is 1. The van der Waals surface area contributed by atoms with Gasteiger partial charge in [-0.3, -0.25) is 9.59 Å². The van der Waals surface area contributed by atoms with Crippen molar-refractivity contribution in [2.75, 3.05) is 0 Å². The summed E-state index contributed by atoms with van der Waals surface area (Å²) in [7, 11) is 0. The monoisotopic (exact) mass is 298 g/mol. The van der Waals surface area contributed by atoms with Crippen LogP contribution in [0.25, 0.3) is 0 Å². The van der Waals surface area contributed by atoms with Crippen LogP contribution in [0.5, 0.6) is 0 Å². The number of aliphatic carboxylic acids is 1. The van der Waals surface area contributed by atoms with Crippen LogP contribution in [0.15, 0.2) is 0 Å². The molecule has 0 spiro atoms. The van der Waals surface area contributed by atoms with E-state index in [-0.39, 0.29) is 6.10 Å². The maximum Gasteiger partial charge on any atom is 0.328 e. The van der Waals surface area contributed by atoms with E-state index in [1.165, 1.54) is 6.92 Å². The van der Waals surface area contributed by atoms with E-state index < -0.39 is 36.4 Å². The molecule has 0 aromatic rings. The largest absolute Gasteiger partial charge is 0.481 e. The van der Waals surface area contributed by atoms with Gasteiger partial charge in [0.25, 0.3) is 0 Å². The molecule has 0 bridgehead atoms. The Morgan fingerprint density at radius 2 is 1.76 bits per heavy atom. The molecular weight excluding hydrogens is 276 g/mol. The van der Waals surface area contributed by atoms with Gasteiger partial charge in [0, 0.05) is 0 Å². The van der Waals surface area contributed by atoms with Crippen LogP contribution in [0.1, 0.15) is 39.0 Å². The molecule has 0 heterocycles. The lowest BCUT2D eigenvalue weighted by atomic mass is 10.1. The minimum atomic E-state index is -1.17. The van der Waals surface area contributed by atoms with Crippen molar-refractivity contribution in [2.45, 2.75) is 57.2 Å². The third-order valence-corrected chi connectivity index (χ3v) is 3.87. The third kappa shape index (κ3) is 4.70. The molecule has 0 saturated heterocycles. The summed E-state index contributed by atoms with van der Waals surface area (Å²) in [5.41, 5.74) is 5.44. The molecule has 21 heavy (non-hydrogen) atoms. The number of nitrogens with two attached hydrogens (primary N) is 1. The van der Waals surface area contributed by atoms with E-state index >= 15 is 0 Å². The molecule has 7 nitrogen and oxygen atoms in total. The quantitative estimate of drug-likeness (QED) is 0.544. The van der Waals surface area contributed by atoms with Crippen LogP contribution >= 0.6 is 0 Å². The smallest absolute Gasteiger partial charge is 0.328 e. The molecule has 0 aromatic carbocycles. The second-order valence-corrected chi connectivity index (χ2v) is 6.01. The molecule has 0 unspecified atom stereocenters. The summed E-state index contributed by atoms with van der Waals surface area (Å²) in [6, 6.07) is -1.99. The van der Waals surface area contributed by atoms with E-state index in [2.05, 4.69) is 5.32 Å². The second kappa shape index (κ2) is 6.43. The molecule has 2 aliphatic carbocycles. The molecule has 0 aliphatic heterocycles. The average molecular weight is 298 g/mol. The molecule has 4 N–H and O–H groups in total. The Morgan fingerprint density at radius 1 is 1.24 bits per heavy atom. The summed E-state index contributed by atoms with van der Waals surface area (Å²) >= 11 is 0. The summed E-state index contributed by atoms with van der Waals surface area (Å²) < 4.78 is 5.51. The van der Waals surface area contributed by atoms with E-state index in [4.69, 9.17) is 15.6 Å². The summed E-state index contributed by atoms with van der Waals surface area (Å²) in [5.74, 6) is -1.35. The van der Waals surface area contributed by atoms with E-state index in [0.717, 1.165) is 25.7 Å². The molecule has 2 atom stereocenters. The molecule has 2 fully saturated rings. The van der Waals surface area contributed by atoms with Crippen molar-refractivity contribution in [3.63, 3.8) is 0 Å². The predicted octanol–water partition coefficient (Wildman–Crippen LogP) is 0.0249. The van der Waals surface area contributed by atoms with Crippen molar-refractivity contribution in [2.24, 2.45) is 17.6 Å². The fourth-order valence-corrected chi connectivity index (χ4v) is 2.32. The molecule has 0 aromatic heterocycles. The van der Waals surface area contributed by atoms with Crippen molar-refractivity contribution in [3.8, 4) is 0 Å². The van der Waals surface area contributed by atoms with Gasteiger partial charge >= 0.3 is 11.9 Å². The van der Waals surface area contributed by atoms with Crippen molar-refractivity contribution >= 4 is 17.8 Å². The van der Waals surface area contributed by atoms with Gasteiger partial charge in [0.05, 0.1) is 12.5 Å². The zero-order valence-electron chi connectivity index (χ0n) is 12.1. The second-order valence-electron chi connectivity index (χ2n) is 6.01. The predicted molar refractivity (Wildman–Crippen MR) is 73.2 cm³/mol. The Balaban J connectivity index is 1.78. The summed E-state index contributed by atoms with van der Waals surface area (Å²) in [6.07, 6.45) is 3.89. The highest BCUT2D eigenvalue weighted by Crippen LogP contribution is 2.46. The zero-order chi connectivity index (χ0) is 15.6. The van der Waals surface area contributed by atoms with Crippen LogP contribution in [-0.4, -0.2) is 41.1 Å². The van der Waals surface area contributed by atoms with E-state index in [0.29, 0.717) is 11.8 Å². The van der Waals surface area contributed by atoms with Gasteiger partial charge in [-0.05, 0) is 44.4 Å². The SMILES string of the molecule is C[C@H](NC(=O)[C@@H](N)CC(=O)O)C(=O)OC(C1CC1)C1CC1. The fourth-order valence-electron chi connectivity index (χ4n) is 2.32. The van der Waals surface area contributed by atoms with Gasteiger partial charge in [0.15, 0.2) is 0 Å². The van der Waals surface area contributed by atoms with E-state index in [9.17, 15) is 14.4 Å². The lowest BCUT2D eigenvalue weighted by Gasteiger charge is -2.21. The van der Waals surface area contributed by atoms with Crippen LogP contribution < -0.4 is 11.1 Å². The van der Waals surface area contributed by atoms with E-state index in [1.807, 2.05) is 0 Å². The fraction of sp³-hybridized carbons (Fsp3) is 0.786. The highest BCUT2D eigenvalue weighted by molar-refractivity contribution is 5.89. The number of ether oxygens (including phenoxy) is 1. The lowest BCUT2D eigenvalue weighted by Crippen LogP contribution is -2.49. The first kappa shape index (κ1) is 15.8. The number of carbonyl (C=O) groups excluding carboxylic acids is 2. The van der Waals surface area contributed by atoms with Crippen molar-refractivity contribution in [1.29, 1.82) is 0 Å². The number of carboxylic acid groups (broad SMARTS) is 1. The molecule has 2 rings (SSSR count). The normalized spacial score (nSPS) is 20.7. The number of carbonyl (C=O) groups is 3. The zero-order valence-corrected chi connectivity index (χ0v) is 12.1. The van der Waals surface area contributed by atoms with Crippen LogP contribution in [-0.2, 0) is 19.1 Å². The van der Waals surface area contributed by atoms with Crippen LogP contribution in [0.4, 0.5) is 0 Å². The number of amides is 1. The van der Waals surface area contributed by atoms with Crippen LogP contribution in [0, 0.1) is 11.8 Å². The first-order chi connectivity index (χ1) is 9.88. The Hall–Kier alpha value is -1.63. The van der Waals surface area contributed by atoms with Crippen molar-refractivity contribution in [1.82, 2.24) is 5.32 Å². The molecular formula is C14H22N2O5. The van der Waals surface area contributed by atoms with Gasteiger partial charge in [-0.25, -0.2) is 4.79 Å². The van der Waals surface area contributed by atoms with E-state index in [1.54, 1.807) is 0 Å². The Bertz CT molecular complexity index is 419. The minimum Gasteiger partial charge on any atom is -0.481 e. The third-order valence-electron chi connectivity index (χ3n) is 3.87. The summed E-state index contributed by atoms with van der Waals surface area (Å²) in [6.45, 7) is 1.52. The number of nitrogens with one attached hydrogen (secondary N) is 1. The van der Waals surface area contributed by atoms with Crippen LogP contribution in [0.2, 0.25) is 0 Å². The first-order valence-corrected chi connectivity index (χ1v) is 7.36. The maximum absolute atomic E-state index is 12.0. The highest BCUT2D eigenvalue weighted by Gasteiger charge is 2.44. The molecule has 2 saturated carbocycles. The van der Waals surface area contributed by atoms with Crippen LogP contribution in [0.3, 0.4) is 0 Å². The lowest BCUT2D eigenvalue weighted by molar-refractivity contribution is -0.154. The van der Waals surface area contributed by atoms with Gasteiger partial charge in [-0.15, -0.1) is 0 Å². The average Bonchev–Trinajstić information content (AvgIpc) is 3.27. The molecule has 7 heteroatoms.